The van der Waals surface area contributed by atoms with Crippen molar-refractivity contribution < 1.29 is 9.30 Å². The van der Waals surface area contributed by atoms with Crippen LogP contribution in [-0.2, 0) is 11.3 Å². The lowest BCUT2D eigenvalue weighted by Crippen LogP contribution is -2.36. The van der Waals surface area contributed by atoms with Gasteiger partial charge in [-0.2, -0.15) is 4.57 Å². The smallest absolute Gasteiger partial charge is 0.212 e. The Morgan fingerprint density at radius 2 is 2.00 bits per heavy atom. The van der Waals surface area contributed by atoms with Crippen LogP contribution >= 0.6 is 0 Å². The summed E-state index contributed by atoms with van der Waals surface area (Å²) in [6.45, 7) is 3.10. The molecule has 82 valence electrons. The zero-order chi connectivity index (χ0) is 11.4. The largest absolute Gasteiger partial charge is 0.504 e. The fourth-order valence-electron chi connectivity index (χ4n) is 1.91. The molecule has 0 saturated carbocycles. The van der Waals surface area contributed by atoms with Crippen LogP contribution in [0.1, 0.15) is 12.6 Å². The fourth-order valence-corrected chi connectivity index (χ4v) is 1.91. The van der Waals surface area contributed by atoms with E-state index in [9.17, 15) is 0 Å². The Labute approximate surface area is 95.8 Å². The highest BCUT2D eigenvalue weighted by Gasteiger charge is 2.10. The number of methoxy groups -OCH3 is 1. The molecule has 1 heterocycles. The molecule has 0 aliphatic rings. The van der Waals surface area contributed by atoms with Gasteiger partial charge in [-0.15, -0.1) is 0 Å². The van der Waals surface area contributed by atoms with Gasteiger partial charge in [0.2, 0.25) is 11.2 Å². The summed E-state index contributed by atoms with van der Waals surface area (Å²) >= 11 is 0. The average molecular weight is 214 g/mol. The minimum absolute atomic E-state index is 0.949. The van der Waals surface area contributed by atoms with Crippen LogP contribution in [-0.4, -0.2) is 7.11 Å². The Morgan fingerprint density at radius 3 is 2.75 bits per heavy atom. The Kier molecular flexibility index (Phi) is 3.20. The van der Waals surface area contributed by atoms with E-state index in [1.807, 2.05) is 6.08 Å². The van der Waals surface area contributed by atoms with Gasteiger partial charge in [0.25, 0.3) is 0 Å². The van der Waals surface area contributed by atoms with E-state index in [2.05, 4.69) is 47.9 Å². The molecule has 0 unspecified atom stereocenters. The van der Waals surface area contributed by atoms with Gasteiger partial charge < -0.3 is 4.74 Å². The normalized spacial score (nSPS) is 11.1. The molecule has 0 saturated heterocycles. The van der Waals surface area contributed by atoms with Crippen LogP contribution < -0.4 is 4.57 Å². The zero-order valence-electron chi connectivity index (χ0n) is 9.68. The molecule has 2 heteroatoms. The van der Waals surface area contributed by atoms with Gasteiger partial charge in [0.05, 0.1) is 13.4 Å². The third-order valence-corrected chi connectivity index (χ3v) is 2.66. The van der Waals surface area contributed by atoms with E-state index in [-0.39, 0.29) is 0 Å². The summed E-state index contributed by atoms with van der Waals surface area (Å²) in [5, 5.41) is 1.26. The number of hydrogen-bond donors (Lipinski definition) is 0. The lowest BCUT2D eigenvalue weighted by atomic mass is 10.2. The first-order chi connectivity index (χ1) is 7.86. The molecule has 0 aliphatic carbocycles. The van der Waals surface area contributed by atoms with Gasteiger partial charge in [-0.25, -0.2) is 0 Å². The molecule has 0 atom stereocenters. The molecule has 0 radical (unpaired) electrons. The first-order valence-electron chi connectivity index (χ1n) is 5.47. The van der Waals surface area contributed by atoms with E-state index >= 15 is 0 Å². The Hall–Kier alpha value is -1.83. The van der Waals surface area contributed by atoms with E-state index in [1.54, 1.807) is 13.4 Å². The van der Waals surface area contributed by atoms with Crippen LogP contribution in [0.15, 0.2) is 42.7 Å². The lowest BCUT2D eigenvalue weighted by molar-refractivity contribution is -0.669. The van der Waals surface area contributed by atoms with Crippen LogP contribution in [0.3, 0.4) is 0 Å². The number of benzene rings is 1. The van der Waals surface area contributed by atoms with Crippen molar-refractivity contribution in [3.8, 4) is 0 Å². The molecule has 0 fully saturated rings. The molecule has 0 N–H and O–H groups in total. The standard InChI is InChI=1S/C14H16NO/c1-3-15-13(10-11-16-2)9-8-12-6-4-5-7-14(12)15/h4-11H,3H2,1-2H3/q+1. The van der Waals surface area contributed by atoms with Crippen molar-refractivity contribution in [1.82, 2.24) is 0 Å². The number of hydrogen-bond acceptors (Lipinski definition) is 1. The summed E-state index contributed by atoms with van der Waals surface area (Å²) < 4.78 is 7.23. The highest BCUT2D eigenvalue weighted by Crippen LogP contribution is 2.11. The van der Waals surface area contributed by atoms with Gasteiger partial charge in [-0.05, 0) is 19.1 Å². The Bertz CT molecular complexity index is 517. The van der Waals surface area contributed by atoms with Crippen molar-refractivity contribution >= 4 is 17.0 Å². The molecular weight excluding hydrogens is 198 g/mol. The molecule has 2 rings (SSSR count). The minimum Gasteiger partial charge on any atom is -0.504 e. The minimum atomic E-state index is 0.949. The molecule has 0 bridgehead atoms. The zero-order valence-corrected chi connectivity index (χ0v) is 9.68. The molecule has 2 nitrogen and oxygen atoms in total. The Balaban J connectivity index is 2.63. The number of fused-ring (bicyclic) bond motifs is 1. The predicted molar refractivity (Wildman–Crippen MR) is 65.9 cm³/mol. The second kappa shape index (κ2) is 4.79. The third-order valence-electron chi connectivity index (χ3n) is 2.66. The maximum Gasteiger partial charge on any atom is 0.212 e. The van der Waals surface area contributed by atoms with E-state index in [0.29, 0.717) is 0 Å². The number of para-hydroxylation sites is 1. The van der Waals surface area contributed by atoms with Crippen molar-refractivity contribution in [3.63, 3.8) is 0 Å². The van der Waals surface area contributed by atoms with Gasteiger partial charge in [0.1, 0.15) is 6.54 Å². The summed E-state index contributed by atoms with van der Waals surface area (Å²) in [6, 6.07) is 12.7. The first kappa shape index (κ1) is 10.7. The number of ether oxygens (including phenoxy) is 1. The number of nitrogens with zero attached hydrogens (tertiary/aromatic N) is 1. The van der Waals surface area contributed by atoms with Crippen LogP contribution in [0.5, 0.6) is 0 Å². The summed E-state index contributed by atoms with van der Waals surface area (Å²) in [6.07, 6.45) is 3.69. The van der Waals surface area contributed by atoms with E-state index in [4.69, 9.17) is 4.74 Å². The van der Waals surface area contributed by atoms with Crippen LogP contribution in [0.4, 0.5) is 0 Å². The third kappa shape index (κ3) is 1.91. The van der Waals surface area contributed by atoms with Crippen molar-refractivity contribution in [2.24, 2.45) is 0 Å². The fraction of sp³-hybridized carbons (Fsp3) is 0.214. The van der Waals surface area contributed by atoms with Crippen molar-refractivity contribution in [1.29, 1.82) is 0 Å². The SMILES string of the molecule is CC[n+]1c(C=COC)ccc2ccccc21. The molecular formula is C14H16NO+. The predicted octanol–water partition coefficient (Wildman–Crippen LogP) is 2.76. The van der Waals surface area contributed by atoms with Crippen LogP contribution in [0, 0.1) is 0 Å². The summed E-state index contributed by atoms with van der Waals surface area (Å²) in [7, 11) is 1.66. The molecule has 0 spiro atoms. The number of aryl methyl sites for hydroxylation is 1. The maximum atomic E-state index is 4.96. The van der Waals surface area contributed by atoms with Crippen molar-refractivity contribution in [2.45, 2.75) is 13.5 Å². The van der Waals surface area contributed by atoms with Gasteiger partial charge in [-0.3, -0.25) is 0 Å². The highest BCUT2D eigenvalue weighted by molar-refractivity contribution is 5.76. The molecule has 2 aromatic rings. The average Bonchev–Trinajstić information content (AvgIpc) is 2.35. The lowest BCUT2D eigenvalue weighted by Gasteiger charge is -2.02. The molecule has 0 aliphatic heterocycles. The van der Waals surface area contributed by atoms with Gasteiger partial charge in [0, 0.05) is 23.6 Å². The topological polar surface area (TPSA) is 13.1 Å². The van der Waals surface area contributed by atoms with Gasteiger partial charge in [0.15, 0.2) is 0 Å². The van der Waals surface area contributed by atoms with Crippen molar-refractivity contribution in [3.05, 3.63) is 48.4 Å². The summed E-state index contributed by atoms with van der Waals surface area (Å²) in [5.74, 6) is 0. The van der Waals surface area contributed by atoms with E-state index < -0.39 is 0 Å². The summed E-state index contributed by atoms with van der Waals surface area (Å²) in [5.41, 5.74) is 2.41. The monoisotopic (exact) mass is 214 g/mol. The van der Waals surface area contributed by atoms with E-state index in [1.165, 1.54) is 10.9 Å². The van der Waals surface area contributed by atoms with Gasteiger partial charge in [-0.1, -0.05) is 12.1 Å². The van der Waals surface area contributed by atoms with Gasteiger partial charge >= 0.3 is 0 Å². The second-order valence-corrected chi connectivity index (χ2v) is 3.60. The van der Waals surface area contributed by atoms with Crippen LogP contribution in [0.25, 0.3) is 17.0 Å². The first-order valence-corrected chi connectivity index (χ1v) is 5.47. The quantitative estimate of drug-likeness (QED) is 0.565. The number of pyridine rings is 1. The molecule has 1 aromatic carbocycles. The van der Waals surface area contributed by atoms with E-state index in [0.717, 1.165) is 12.2 Å². The molecule has 16 heavy (non-hydrogen) atoms. The number of aromatic nitrogens is 1. The second-order valence-electron chi connectivity index (χ2n) is 3.60. The maximum absolute atomic E-state index is 4.96. The Morgan fingerprint density at radius 1 is 1.19 bits per heavy atom. The summed E-state index contributed by atoms with van der Waals surface area (Å²) in [4.78, 5) is 0. The molecule has 0 amide bonds. The van der Waals surface area contributed by atoms with Crippen LogP contribution in [0.2, 0.25) is 0 Å². The highest BCUT2D eigenvalue weighted by atomic mass is 16.5. The molecule has 1 aromatic heterocycles. The number of rotatable bonds is 3. The van der Waals surface area contributed by atoms with Crippen molar-refractivity contribution in [2.75, 3.05) is 7.11 Å².